The Balaban J connectivity index is 4.01. The lowest BCUT2D eigenvalue weighted by Gasteiger charge is -2.30. The van der Waals surface area contributed by atoms with Crippen molar-refractivity contribution in [2.45, 2.75) is 39.3 Å². The molecule has 0 aromatic heterocycles. The van der Waals surface area contributed by atoms with Crippen LogP contribution in [0.2, 0.25) is 0 Å². The van der Waals surface area contributed by atoms with E-state index in [9.17, 15) is 0 Å². The zero-order valence-electron chi connectivity index (χ0n) is 7.94. The Bertz CT molecular complexity index is 140. The van der Waals surface area contributed by atoms with Crippen molar-refractivity contribution in [1.82, 2.24) is 5.32 Å². The number of hydrogen-bond donors (Lipinski definition) is 2. The van der Waals surface area contributed by atoms with Crippen molar-refractivity contribution in [1.29, 1.82) is 0 Å². The molecule has 0 aliphatic rings. The molecule has 1 atom stereocenters. The average Bonchev–Trinajstić information content (AvgIpc) is 1.86. The largest absolute Gasteiger partial charge is 0.395 e. The smallest absolute Gasteiger partial charge is 0.0582 e. The molecule has 0 aliphatic heterocycles. The first-order chi connectivity index (χ1) is 4.90. The second-order valence-electron chi connectivity index (χ2n) is 3.63. The van der Waals surface area contributed by atoms with Crippen molar-refractivity contribution in [3.05, 3.63) is 12.2 Å². The fourth-order valence-electron chi connectivity index (χ4n) is 0.785. The number of hydrogen-bond acceptors (Lipinski definition) is 2. The van der Waals surface area contributed by atoms with Gasteiger partial charge in [-0.05, 0) is 27.7 Å². The molecule has 2 heteroatoms. The van der Waals surface area contributed by atoms with Crippen LogP contribution in [0.3, 0.4) is 0 Å². The van der Waals surface area contributed by atoms with E-state index < -0.39 is 0 Å². The summed E-state index contributed by atoms with van der Waals surface area (Å²) < 4.78 is 0. The Morgan fingerprint density at radius 2 is 2.09 bits per heavy atom. The van der Waals surface area contributed by atoms with Crippen molar-refractivity contribution in [3.63, 3.8) is 0 Å². The van der Waals surface area contributed by atoms with Gasteiger partial charge in [0.05, 0.1) is 6.61 Å². The first kappa shape index (κ1) is 10.7. The molecule has 0 aromatic rings. The Morgan fingerprint density at radius 3 is 2.36 bits per heavy atom. The second kappa shape index (κ2) is 3.88. The topological polar surface area (TPSA) is 32.3 Å². The van der Waals surface area contributed by atoms with Crippen molar-refractivity contribution in [3.8, 4) is 0 Å². The number of aliphatic hydroxyl groups is 1. The van der Waals surface area contributed by atoms with Gasteiger partial charge >= 0.3 is 0 Å². The summed E-state index contributed by atoms with van der Waals surface area (Å²) >= 11 is 0. The normalized spacial score (nSPS) is 14.6. The van der Waals surface area contributed by atoms with Crippen LogP contribution in [0.25, 0.3) is 0 Å². The lowest BCUT2D eigenvalue weighted by molar-refractivity contribution is 0.230. The SMILES string of the molecule is C=C(C)C(C)(C)NC(C)CO. The van der Waals surface area contributed by atoms with Gasteiger partial charge in [-0.1, -0.05) is 12.2 Å². The van der Waals surface area contributed by atoms with E-state index in [1.54, 1.807) is 0 Å². The quantitative estimate of drug-likeness (QED) is 0.603. The van der Waals surface area contributed by atoms with E-state index in [2.05, 4.69) is 25.7 Å². The van der Waals surface area contributed by atoms with Gasteiger partial charge in [0.15, 0.2) is 0 Å². The highest BCUT2D eigenvalue weighted by Crippen LogP contribution is 2.13. The molecular weight excluding hydrogens is 138 g/mol. The van der Waals surface area contributed by atoms with Crippen LogP contribution in [0.5, 0.6) is 0 Å². The Kier molecular flexibility index (Phi) is 3.76. The molecular formula is C9H19NO. The molecule has 0 rings (SSSR count). The van der Waals surface area contributed by atoms with E-state index in [1.807, 2.05) is 13.8 Å². The molecule has 0 aliphatic carbocycles. The van der Waals surface area contributed by atoms with Crippen LogP contribution in [0.4, 0.5) is 0 Å². The summed E-state index contributed by atoms with van der Waals surface area (Å²) in [6.07, 6.45) is 0. The highest BCUT2D eigenvalue weighted by molar-refractivity contribution is 5.10. The molecule has 2 nitrogen and oxygen atoms in total. The molecule has 1 unspecified atom stereocenters. The molecule has 0 saturated carbocycles. The van der Waals surface area contributed by atoms with E-state index in [0.29, 0.717) is 0 Å². The van der Waals surface area contributed by atoms with Gasteiger partial charge in [0, 0.05) is 11.6 Å². The van der Waals surface area contributed by atoms with E-state index >= 15 is 0 Å². The average molecular weight is 157 g/mol. The molecule has 0 saturated heterocycles. The molecule has 0 spiro atoms. The van der Waals surface area contributed by atoms with Crippen molar-refractivity contribution >= 4 is 0 Å². The maximum Gasteiger partial charge on any atom is 0.0582 e. The summed E-state index contributed by atoms with van der Waals surface area (Å²) in [4.78, 5) is 0. The lowest BCUT2D eigenvalue weighted by atomic mass is 9.96. The van der Waals surface area contributed by atoms with Crippen LogP contribution in [0, 0.1) is 0 Å². The molecule has 0 radical (unpaired) electrons. The number of rotatable bonds is 4. The van der Waals surface area contributed by atoms with Crippen LogP contribution in [0.1, 0.15) is 27.7 Å². The summed E-state index contributed by atoms with van der Waals surface area (Å²) in [5.41, 5.74) is 1.00. The number of aliphatic hydroxyl groups excluding tert-OH is 1. The monoisotopic (exact) mass is 157 g/mol. The van der Waals surface area contributed by atoms with E-state index in [1.165, 1.54) is 0 Å². The van der Waals surface area contributed by atoms with Gasteiger partial charge < -0.3 is 10.4 Å². The summed E-state index contributed by atoms with van der Waals surface area (Å²) in [5, 5.41) is 12.0. The third-order valence-electron chi connectivity index (χ3n) is 1.95. The maximum atomic E-state index is 8.79. The Labute approximate surface area is 69.3 Å². The summed E-state index contributed by atoms with van der Waals surface area (Å²) in [7, 11) is 0. The highest BCUT2D eigenvalue weighted by Gasteiger charge is 2.19. The van der Waals surface area contributed by atoms with E-state index in [4.69, 9.17) is 5.11 Å². The van der Waals surface area contributed by atoms with Crippen LogP contribution in [-0.2, 0) is 0 Å². The molecule has 0 heterocycles. The van der Waals surface area contributed by atoms with Gasteiger partial charge in [0.1, 0.15) is 0 Å². The molecule has 0 fully saturated rings. The highest BCUT2D eigenvalue weighted by atomic mass is 16.3. The third kappa shape index (κ3) is 3.54. The number of nitrogens with one attached hydrogen (secondary N) is 1. The summed E-state index contributed by atoms with van der Waals surface area (Å²) in [5.74, 6) is 0. The molecule has 11 heavy (non-hydrogen) atoms. The van der Waals surface area contributed by atoms with Gasteiger partial charge in [-0.15, -0.1) is 0 Å². The Hall–Kier alpha value is -0.340. The third-order valence-corrected chi connectivity index (χ3v) is 1.95. The van der Waals surface area contributed by atoms with Crippen molar-refractivity contribution in [2.24, 2.45) is 0 Å². The van der Waals surface area contributed by atoms with Crippen LogP contribution in [-0.4, -0.2) is 23.3 Å². The van der Waals surface area contributed by atoms with Crippen LogP contribution in [0.15, 0.2) is 12.2 Å². The first-order valence-electron chi connectivity index (χ1n) is 3.94. The van der Waals surface area contributed by atoms with Crippen molar-refractivity contribution in [2.75, 3.05) is 6.61 Å². The minimum absolute atomic E-state index is 0.0812. The maximum absolute atomic E-state index is 8.79. The van der Waals surface area contributed by atoms with Gasteiger partial charge in [-0.3, -0.25) is 0 Å². The zero-order chi connectivity index (χ0) is 9.07. The van der Waals surface area contributed by atoms with Crippen molar-refractivity contribution < 1.29 is 5.11 Å². The Morgan fingerprint density at radius 1 is 1.64 bits per heavy atom. The zero-order valence-corrected chi connectivity index (χ0v) is 7.94. The standard InChI is InChI=1S/C9H19NO/c1-7(2)9(4,5)10-8(3)6-11/h8,10-11H,1,6H2,2-5H3. The lowest BCUT2D eigenvalue weighted by Crippen LogP contribution is -2.46. The molecule has 2 N–H and O–H groups in total. The van der Waals surface area contributed by atoms with Crippen LogP contribution >= 0.6 is 0 Å². The first-order valence-corrected chi connectivity index (χ1v) is 3.94. The molecule has 0 bridgehead atoms. The van der Waals surface area contributed by atoms with Crippen LogP contribution < -0.4 is 5.32 Å². The van der Waals surface area contributed by atoms with E-state index in [-0.39, 0.29) is 18.2 Å². The fraction of sp³-hybridized carbons (Fsp3) is 0.778. The minimum atomic E-state index is -0.0812. The summed E-state index contributed by atoms with van der Waals surface area (Å²) in [6, 6.07) is 0.127. The van der Waals surface area contributed by atoms with Gasteiger partial charge in [0.2, 0.25) is 0 Å². The predicted molar refractivity (Wildman–Crippen MR) is 48.6 cm³/mol. The fourth-order valence-corrected chi connectivity index (χ4v) is 0.785. The summed E-state index contributed by atoms with van der Waals surface area (Å²) in [6.45, 7) is 12.1. The van der Waals surface area contributed by atoms with E-state index in [0.717, 1.165) is 5.57 Å². The van der Waals surface area contributed by atoms with Gasteiger partial charge in [-0.25, -0.2) is 0 Å². The minimum Gasteiger partial charge on any atom is -0.395 e. The van der Waals surface area contributed by atoms with Gasteiger partial charge in [-0.2, -0.15) is 0 Å². The molecule has 0 aromatic carbocycles. The van der Waals surface area contributed by atoms with Gasteiger partial charge in [0.25, 0.3) is 0 Å². The second-order valence-corrected chi connectivity index (χ2v) is 3.63. The molecule has 0 amide bonds. The molecule has 66 valence electrons. The predicted octanol–water partition coefficient (Wildman–Crippen LogP) is 1.31.